The summed E-state index contributed by atoms with van der Waals surface area (Å²) in [6, 6.07) is 9.32. The quantitative estimate of drug-likeness (QED) is 0.354. The minimum atomic E-state index is -1.56. The van der Waals surface area contributed by atoms with Crippen LogP contribution in [0.15, 0.2) is 36.4 Å². The van der Waals surface area contributed by atoms with Gasteiger partial charge in [-0.1, -0.05) is 18.2 Å². The highest BCUT2D eigenvalue weighted by Gasteiger charge is 2.43. The van der Waals surface area contributed by atoms with E-state index in [1.165, 1.54) is 26.0 Å². The molecule has 4 nitrogen and oxygen atoms in total. The van der Waals surface area contributed by atoms with Gasteiger partial charge in [0.1, 0.15) is 28.7 Å². The van der Waals surface area contributed by atoms with Crippen molar-refractivity contribution in [3.63, 3.8) is 0 Å². The first kappa shape index (κ1) is 26.0. The van der Waals surface area contributed by atoms with E-state index in [9.17, 15) is 8.78 Å². The molecule has 1 N–H and O–H groups in total. The summed E-state index contributed by atoms with van der Waals surface area (Å²) in [7, 11) is 0. The summed E-state index contributed by atoms with van der Waals surface area (Å²) in [6.45, 7) is 8.24. The monoisotopic (exact) mass is 517 g/mol. The van der Waals surface area contributed by atoms with Crippen LogP contribution < -0.4 is 4.74 Å². The van der Waals surface area contributed by atoms with Crippen molar-refractivity contribution in [1.82, 2.24) is 14.8 Å². The Bertz CT molecular complexity index is 1250. The average Bonchev–Trinajstić information content (AvgIpc) is 3.15. The molecule has 0 amide bonds. The van der Waals surface area contributed by atoms with Gasteiger partial charge >= 0.3 is 0 Å². The van der Waals surface area contributed by atoms with Gasteiger partial charge in [-0.15, -0.1) is 0 Å². The highest BCUT2D eigenvalue weighted by Crippen LogP contribution is 2.44. The van der Waals surface area contributed by atoms with Crippen LogP contribution in [0.5, 0.6) is 5.75 Å². The Labute approximate surface area is 215 Å². The van der Waals surface area contributed by atoms with Gasteiger partial charge in [-0.25, -0.2) is 13.2 Å². The molecule has 1 aromatic heterocycles. The number of aromatic amines is 1. The summed E-state index contributed by atoms with van der Waals surface area (Å²) >= 11 is 0. The van der Waals surface area contributed by atoms with Crippen LogP contribution in [0.25, 0.3) is 10.9 Å². The molecule has 37 heavy (non-hydrogen) atoms. The molecule has 3 heterocycles. The smallest absolute Gasteiger partial charge is 0.135 e. The van der Waals surface area contributed by atoms with Crippen molar-refractivity contribution in [2.24, 2.45) is 0 Å². The number of ether oxygens (including phenoxy) is 1. The number of H-pyrrole nitrogens is 1. The minimum Gasteiger partial charge on any atom is -0.485 e. The number of benzene rings is 2. The van der Waals surface area contributed by atoms with E-state index in [-0.39, 0.29) is 30.6 Å². The summed E-state index contributed by atoms with van der Waals surface area (Å²) in [4.78, 5) is 7.30. The van der Waals surface area contributed by atoms with Crippen LogP contribution in [0, 0.1) is 11.6 Å². The summed E-state index contributed by atoms with van der Waals surface area (Å²) in [5.41, 5.74) is 0.338. The Morgan fingerprint density at radius 2 is 1.81 bits per heavy atom. The maximum absolute atomic E-state index is 15.8. The topological polar surface area (TPSA) is 31.5 Å². The molecule has 0 bridgehead atoms. The van der Waals surface area contributed by atoms with Crippen LogP contribution in [0.4, 0.5) is 17.6 Å². The number of halogens is 4. The molecule has 200 valence electrons. The molecule has 2 aliphatic rings. The predicted octanol–water partition coefficient (Wildman–Crippen LogP) is 6.34. The first-order valence-electron chi connectivity index (χ1n) is 13.0. The Hall–Kier alpha value is -2.58. The van der Waals surface area contributed by atoms with Gasteiger partial charge in [-0.05, 0) is 52.2 Å². The lowest BCUT2D eigenvalue weighted by molar-refractivity contribution is -0.0642. The lowest BCUT2D eigenvalue weighted by Gasteiger charge is -2.47. The van der Waals surface area contributed by atoms with Crippen molar-refractivity contribution < 1.29 is 22.3 Å². The van der Waals surface area contributed by atoms with Crippen molar-refractivity contribution in [2.45, 2.75) is 63.9 Å². The minimum absolute atomic E-state index is 0.0254. The third-order valence-electron chi connectivity index (χ3n) is 7.49. The predicted molar refractivity (Wildman–Crippen MR) is 138 cm³/mol. The molecule has 1 saturated heterocycles. The maximum Gasteiger partial charge on any atom is 0.135 e. The maximum atomic E-state index is 15.8. The largest absolute Gasteiger partial charge is 0.485 e. The fourth-order valence-electron chi connectivity index (χ4n) is 6.07. The van der Waals surface area contributed by atoms with Crippen LogP contribution >= 0.6 is 0 Å². The lowest BCUT2D eigenvalue weighted by Crippen LogP contribution is -2.63. The fraction of sp³-hybridized carbons (Fsp3) is 0.517. The van der Waals surface area contributed by atoms with Gasteiger partial charge in [0.15, 0.2) is 0 Å². The second-order valence-corrected chi connectivity index (χ2v) is 11.5. The van der Waals surface area contributed by atoms with Crippen molar-refractivity contribution >= 4 is 10.9 Å². The second-order valence-electron chi connectivity index (χ2n) is 11.5. The molecular weight excluding hydrogens is 482 g/mol. The van der Waals surface area contributed by atoms with Crippen molar-refractivity contribution in [1.29, 1.82) is 0 Å². The molecule has 5 rings (SSSR count). The number of aromatic nitrogens is 1. The molecule has 0 radical (unpaired) electrons. The zero-order valence-corrected chi connectivity index (χ0v) is 21.9. The highest BCUT2D eigenvalue weighted by atomic mass is 19.1. The number of likely N-dealkylation sites (tertiary alicyclic amines) is 1. The molecule has 8 heteroatoms. The number of nitrogens with zero attached hydrogens (tertiary/aromatic N) is 2. The number of hydrogen-bond donors (Lipinski definition) is 1. The van der Waals surface area contributed by atoms with Crippen LogP contribution in [-0.4, -0.2) is 64.9 Å². The number of rotatable bonds is 8. The molecule has 1 fully saturated rings. The Balaban J connectivity index is 1.51. The Morgan fingerprint density at radius 3 is 2.46 bits per heavy atom. The SMILES string of the molecule is C[C@@H]1Cc2c([nH]c3ccccc23)[C@@H](c2c(F)cc(OC3(C)CN(CCCF)C3)cc2F)N1CC(C)(C)F. The normalized spacial score (nSPS) is 22.2. The molecule has 0 aliphatic carbocycles. The highest BCUT2D eigenvalue weighted by molar-refractivity contribution is 5.85. The van der Waals surface area contributed by atoms with Gasteiger partial charge < -0.3 is 9.72 Å². The average molecular weight is 518 g/mol. The summed E-state index contributed by atoms with van der Waals surface area (Å²) in [5, 5.41) is 1.02. The summed E-state index contributed by atoms with van der Waals surface area (Å²) < 4.78 is 65.0. The zero-order valence-electron chi connectivity index (χ0n) is 21.9. The lowest BCUT2D eigenvalue weighted by atomic mass is 9.87. The van der Waals surface area contributed by atoms with Crippen LogP contribution in [0.1, 0.15) is 57.0 Å². The Morgan fingerprint density at radius 1 is 1.14 bits per heavy atom. The second kappa shape index (κ2) is 9.62. The van der Waals surface area contributed by atoms with Crippen LogP contribution in [0.2, 0.25) is 0 Å². The summed E-state index contributed by atoms with van der Waals surface area (Å²) in [6.07, 6.45) is 1.10. The van der Waals surface area contributed by atoms with Gasteiger partial charge in [-0.2, -0.15) is 0 Å². The number of hydrogen-bond acceptors (Lipinski definition) is 3. The summed E-state index contributed by atoms with van der Waals surface area (Å²) in [5.74, 6) is -1.33. The zero-order chi connectivity index (χ0) is 26.5. The Kier molecular flexibility index (Phi) is 6.77. The van der Waals surface area contributed by atoms with Crippen molar-refractivity contribution in [2.75, 3.05) is 32.9 Å². The van der Waals surface area contributed by atoms with Crippen LogP contribution in [0.3, 0.4) is 0 Å². The van der Waals surface area contributed by atoms with E-state index in [1.807, 2.05) is 43.0 Å². The van der Waals surface area contributed by atoms with Crippen molar-refractivity contribution in [3.05, 3.63) is 64.9 Å². The molecule has 3 aromatic rings. The van der Waals surface area contributed by atoms with Gasteiger partial charge in [-0.3, -0.25) is 14.2 Å². The molecular formula is C29H35F4N3O. The van der Waals surface area contributed by atoms with E-state index in [0.717, 1.165) is 16.5 Å². The number of fused-ring (bicyclic) bond motifs is 3. The third-order valence-corrected chi connectivity index (χ3v) is 7.49. The molecule has 2 aromatic carbocycles. The van der Waals surface area contributed by atoms with Gasteiger partial charge in [0.25, 0.3) is 0 Å². The van der Waals surface area contributed by atoms with E-state index >= 15 is 8.78 Å². The van der Waals surface area contributed by atoms with Crippen molar-refractivity contribution in [3.8, 4) is 5.75 Å². The van der Waals surface area contributed by atoms with E-state index in [4.69, 9.17) is 4.74 Å². The van der Waals surface area contributed by atoms with Gasteiger partial charge in [0.2, 0.25) is 0 Å². The van der Waals surface area contributed by atoms with E-state index < -0.39 is 28.9 Å². The molecule has 0 unspecified atom stereocenters. The molecule has 2 atom stereocenters. The number of alkyl halides is 2. The first-order valence-corrected chi connectivity index (χ1v) is 13.0. The number of para-hydroxylation sites is 1. The third kappa shape index (κ3) is 5.10. The standard InChI is InChI=1S/C29H35F4N3O/c1-18-12-21-20-8-5-6-9-24(20)34-26(21)27(36(18)15-28(2,3)33)25-22(31)13-19(14-23(25)32)37-29(4)16-35(17-29)11-7-10-30/h5-6,8-9,13-14,18,27,34H,7,10-12,15-17H2,1-4H3/t18-,27-/m1/s1. The van der Waals surface area contributed by atoms with Gasteiger partial charge in [0.05, 0.1) is 12.7 Å². The van der Waals surface area contributed by atoms with E-state index in [2.05, 4.69) is 9.88 Å². The molecule has 0 spiro atoms. The van der Waals surface area contributed by atoms with Gasteiger partial charge in [0, 0.05) is 66.5 Å². The number of nitrogens with one attached hydrogen (secondary N) is 1. The van der Waals surface area contributed by atoms with Crippen LogP contribution in [-0.2, 0) is 6.42 Å². The molecule has 2 aliphatic heterocycles. The van der Waals surface area contributed by atoms with E-state index in [0.29, 0.717) is 38.2 Å². The fourth-order valence-corrected chi connectivity index (χ4v) is 6.07. The molecule has 0 saturated carbocycles. The first-order chi connectivity index (χ1) is 17.5. The van der Waals surface area contributed by atoms with E-state index in [1.54, 1.807) is 0 Å².